The quantitative estimate of drug-likeness (QED) is 0.827. The molecule has 2 aromatic rings. The van der Waals surface area contributed by atoms with E-state index in [0.717, 1.165) is 16.2 Å². The Morgan fingerprint density at radius 1 is 1.40 bits per heavy atom. The van der Waals surface area contributed by atoms with Gasteiger partial charge in [0.2, 0.25) is 0 Å². The van der Waals surface area contributed by atoms with Crippen LogP contribution in [0.15, 0.2) is 53.1 Å². The van der Waals surface area contributed by atoms with Gasteiger partial charge in [0.05, 0.1) is 10.7 Å². The zero-order chi connectivity index (χ0) is 18.0. The standard InChI is InChI=1S/C18H17ClN4OS/c1-11-9-18(2,23-17(20)25-11)16-8-12(5-6-21-16)7-15(24)14-4-3-13(19)10-22-14/h3-6,8,10H,1,7,9H2,2H3,(H2,20,23)/t18-/m0/s1. The number of hydrogen-bond donors (Lipinski definition) is 1. The summed E-state index contributed by atoms with van der Waals surface area (Å²) in [4.78, 5) is 26.4. The van der Waals surface area contributed by atoms with E-state index >= 15 is 0 Å². The molecular weight excluding hydrogens is 356 g/mol. The topological polar surface area (TPSA) is 81.2 Å². The Kier molecular flexibility index (Phi) is 4.92. The van der Waals surface area contributed by atoms with E-state index in [1.807, 2.05) is 19.1 Å². The highest BCUT2D eigenvalue weighted by molar-refractivity contribution is 8.17. The van der Waals surface area contributed by atoms with Crippen LogP contribution in [-0.2, 0) is 12.0 Å². The van der Waals surface area contributed by atoms with Gasteiger partial charge in [0, 0.05) is 25.2 Å². The summed E-state index contributed by atoms with van der Waals surface area (Å²) < 4.78 is 0. The number of carbonyl (C=O) groups excluding carboxylic acids is 1. The summed E-state index contributed by atoms with van der Waals surface area (Å²) in [5, 5.41) is 0.980. The van der Waals surface area contributed by atoms with E-state index in [1.165, 1.54) is 18.0 Å². The maximum atomic E-state index is 12.4. The Hall–Kier alpha value is -2.18. The molecule has 2 aromatic heterocycles. The van der Waals surface area contributed by atoms with Crippen LogP contribution in [0.2, 0.25) is 5.02 Å². The van der Waals surface area contributed by atoms with E-state index in [9.17, 15) is 4.79 Å². The molecule has 2 N–H and O–H groups in total. The minimum Gasteiger partial charge on any atom is -0.378 e. The van der Waals surface area contributed by atoms with Crippen molar-refractivity contribution in [1.82, 2.24) is 9.97 Å². The van der Waals surface area contributed by atoms with Gasteiger partial charge in [0.25, 0.3) is 0 Å². The molecule has 0 unspecified atom stereocenters. The molecule has 0 spiro atoms. The fourth-order valence-corrected chi connectivity index (χ4v) is 3.72. The number of nitrogens with two attached hydrogens (primary N) is 1. The molecule has 0 bridgehead atoms. The van der Waals surface area contributed by atoms with Crippen molar-refractivity contribution in [3.05, 3.63) is 70.1 Å². The monoisotopic (exact) mass is 372 g/mol. The minimum atomic E-state index is -0.565. The minimum absolute atomic E-state index is 0.0782. The first-order valence-corrected chi connectivity index (χ1v) is 8.86. The van der Waals surface area contributed by atoms with Gasteiger partial charge in [0.15, 0.2) is 11.0 Å². The lowest BCUT2D eigenvalue weighted by Crippen LogP contribution is -2.28. The lowest BCUT2D eigenvalue weighted by atomic mass is 9.92. The van der Waals surface area contributed by atoms with E-state index in [-0.39, 0.29) is 12.2 Å². The second-order valence-electron chi connectivity index (χ2n) is 6.05. The van der Waals surface area contributed by atoms with Crippen LogP contribution in [0.3, 0.4) is 0 Å². The first-order chi connectivity index (χ1) is 11.9. The normalized spacial score (nSPS) is 20.2. The molecule has 1 aliphatic rings. The van der Waals surface area contributed by atoms with Gasteiger partial charge < -0.3 is 5.73 Å². The predicted molar refractivity (Wildman–Crippen MR) is 102 cm³/mol. The summed E-state index contributed by atoms with van der Waals surface area (Å²) in [6, 6.07) is 7.00. The highest BCUT2D eigenvalue weighted by atomic mass is 35.5. The van der Waals surface area contributed by atoms with Crippen LogP contribution in [0.1, 0.15) is 35.1 Å². The zero-order valence-electron chi connectivity index (χ0n) is 13.7. The number of ketones is 1. The third kappa shape index (κ3) is 4.08. The van der Waals surface area contributed by atoms with Crippen molar-refractivity contribution < 1.29 is 4.79 Å². The molecule has 3 rings (SSSR count). The van der Waals surface area contributed by atoms with Crippen molar-refractivity contribution in [1.29, 1.82) is 0 Å². The largest absolute Gasteiger partial charge is 0.378 e. The smallest absolute Gasteiger partial charge is 0.185 e. The second-order valence-corrected chi connectivity index (χ2v) is 7.69. The van der Waals surface area contributed by atoms with E-state index in [2.05, 4.69) is 21.5 Å². The summed E-state index contributed by atoms with van der Waals surface area (Å²) in [5.41, 5.74) is 7.34. The summed E-state index contributed by atoms with van der Waals surface area (Å²) in [6.07, 6.45) is 4.04. The molecule has 0 saturated heterocycles. The average molecular weight is 373 g/mol. The van der Waals surface area contributed by atoms with Crippen molar-refractivity contribution >= 4 is 34.3 Å². The van der Waals surface area contributed by atoms with Crippen LogP contribution in [-0.4, -0.2) is 20.9 Å². The molecule has 0 aliphatic carbocycles. The molecule has 3 heterocycles. The number of aromatic nitrogens is 2. The van der Waals surface area contributed by atoms with Gasteiger partial charge in [0.1, 0.15) is 11.2 Å². The zero-order valence-corrected chi connectivity index (χ0v) is 15.3. The third-order valence-corrected chi connectivity index (χ3v) is 4.86. The van der Waals surface area contributed by atoms with E-state index in [1.54, 1.807) is 18.3 Å². The summed E-state index contributed by atoms with van der Waals surface area (Å²) in [5.74, 6) is -0.0782. The molecule has 1 aliphatic heterocycles. The lowest BCUT2D eigenvalue weighted by molar-refractivity contribution is 0.0988. The number of rotatable bonds is 4. The summed E-state index contributed by atoms with van der Waals surface area (Å²) in [6.45, 7) is 5.98. The first kappa shape index (κ1) is 17.6. The molecule has 0 amide bonds. The molecule has 0 saturated carbocycles. The number of aliphatic imine (C=N–C) groups is 1. The molecular formula is C18H17ClN4OS. The van der Waals surface area contributed by atoms with Crippen LogP contribution in [0.25, 0.3) is 0 Å². The second kappa shape index (κ2) is 6.98. The fourth-order valence-electron chi connectivity index (χ4n) is 2.72. The Morgan fingerprint density at radius 2 is 2.20 bits per heavy atom. The van der Waals surface area contributed by atoms with E-state index in [4.69, 9.17) is 17.3 Å². The molecule has 7 heteroatoms. The molecule has 0 aromatic carbocycles. The number of thioether (sulfide) groups is 1. The number of amidine groups is 1. The molecule has 0 radical (unpaired) electrons. The average Bonchev–Trinajstić information content (AvgIpc) is 2.54. The van der Waals surface area contributed by atoms with Crippen molar-refractivity contribution in [2.45, 2.75) is 25.3 Å². The number of pyridine rings is 2. The Labute approximate surface area is 155 Å². The first-order valence-electron chi connectivity index (χ1n) is 7.67. The van der Waals surface area contributed by atoms with Crippen LogP contribution in [0.5, 0.6) is 0 Å². The van der Waals surface area contributed by atoms with Gasteiger partial charge in [-0.3, -0.25) is 14.8 Å². The maximum Gasteiger partial charge on any atom is 0.185 e. The van der Waals surface area contributed by atoms with Crippen LogP contribution < -0.4 is 5.73 Å². The molecule has 0 fully saturated rings. The molecule has 25 heavy (non-hydrogen) atoms. The van der Waals surface area contributed by atoms with Crippen LogP contribution in [0, 0.1) is 0 Å². The fraction of sp³-hybridized carbons (Fsp3) is 0.222. The summed E-state index contributed by atoms with van der Waals surface area (Å²) >= 11 is 7.19. The number of hydrogen-bond acceptors (Lipinski definition) is 6. The molecule has 128 valence electrons. The Morgan fingerprint density at radius 3 is 2.88 bits per heavy atom. The van der Waals surface area contributed by atoms with Crippen molar-refractivity contribution in [2.24, 2.45) is 10.7 Å². The van der Waals surface area contributed by atoms with E-state index in [0.29, 0.717) is 22.3 Å². The van der Waals surface area contributed by atoms with Crippen LogP contribution in [0.4, 0.5) is 0 Å². The van der Waals surface area contributed by atoms with Gasteiger partial charge in [-0.25, -0.2) is 4.99 Å². The lowest BCUT2D eigenvalue weighted by Gasteiger charge is -2.30. The number of carbonyl (C=O) groups is 1. The number of Topliss-reactive ketones (excluding diaryl/α,β-unsaturated/α-hetero) is 1. The van der Waals surface area contributed by atoms with E-state index < -0.39 is 5.54 Å². The van der Waals surface area contributed by atoms with Gasteiger partial charge in [-0.1, -0.05) is 29.9 Å². The molecule has 5 nitrogen and oxygen atoms in total. The third-order valence-electron chi connectivity index (χ3n) is 3.90. The van der Waals surface area contributed by atoms with Gasteiger partial charge >= 0.3 is 0 Å². The number of nitrogens with zero attached hydrogens (tertiary/aromatic N) is 3. The predicted octanol–water partition coefficient (Wildman–Crippen LogP) is 3.74. The highest BCUT2D eigenvalue weighted by Gasteiger charge is 2.32. The van der Waals surface area contributed by atoms with Crippen LogP contribution >= 0.6 is 23.4 Å². The maximum absolute atomic E-state index is 12.4. The summed E-state index contributed by atoms with van der Waals surface area (Å²) in [7, 11) is 0. The van der Waals surface area contributed by atoms with Gasteiger partial charge in [-0.2, -0.15) is 0 Å². The number of halogens is 1. The SMILES string of the molecule is C=C1C[C@@](C)(c2cc(CC(=O)c3ccc(Cl)cn3)ccn2)N=C(N)S1. The van der Waals surface area contributed by atoms with Crippen molar-refractivity contribution in [2.75, 3.05) is 0 Å². The van der Waals surface area contributed by atoms with Gasteiger partial charge in [-0.05, 0) is 41.7 Å². The highest BCUT2D eigenvalue weighted by Crippen LogP contribution is 2.39. The Balaban J connectivity index is 1.84. The van der Waals surface area contributed by atoms with Crippen molar-refractivity contribution in [3.8, 4) is 0 Å². The molecule has 1 atom stereocenters. The Bertz CT molecular complexity index is 866. The van der Waals surface area contributed by atoms with Gasteiger partial charge in [-0.15, -0.1) is 0 Å². The van der Waals surface area contributed by atoms with Crippen molar-refractivity contribution in [3.63, 3.8) is 0 Å².